The highest BCUT2D eigenvalue weighted by atomic mass is 32.2. The van der Waals surface area contributed by atoms with Gasteiger partial charge in [-0.3, -0.25) is 4.78 Å². The first-order chi connectivity index (χ1) is 4.52. The summed E-state index contributed by atoms with van der Waals surface area (Å²) >= 11 is 0. The molecule has 10 heavy (non-hydrogen) atoms. The predicted octanol–water partition coefficient (Wildman–Crippen LogP) is 0.840. The van der Waals surface area contributed by atoms with Crippen LogP contribution in [0.25, 0.3) is 0 Å². The van der Waals surface area contributed by atoms with Gasteiger partial charge < -0.3 is 4.74 Å². The zero-order valence-electron chi connectivity index (χ0n) is 6.29. The van der Waals surface area contributed by atoms with E-state index in [4.69, 9.17) is 9.52 Å². The van der Waals surface area contributed by atoms with Crippen LogP contribution in [0.15, 0.2) is 0 Å². The van der Waals surface area contributed by atoms with Crippen LogP contribution in [0.3, 0.4) is 0 Å². The van der Waals surface area contributed by atoms with Crippen molar-refractivity contribution in [3.63, 3.8) is 0 Å². The number of hydrogen-bond acceptors (Lipinski definition) is 3. The number of rotatable bonds is 1. The van der Waals surface area contributed by atoms with E-state index in [1.54, 1.807) is 0 Å². The van der Waals surface area contributed by atoms with Gasteiger partial charge in [0.15, 0.2) is 0 Å². The molecule has 0 aliphatic carbocycles. The average Bonchev–Trinajstić information content (AvgIpc) is 2.11. The van der Waals surface area contributed by atoms with Crippen LogP contribution in [0.5, 0.6) is 0 Å². The lowest BCUT2D eigenvalue weighted by Crippen LogP contribution is -2.25. The van der Waals surface area contributed by atoms with Gasteiger partial charge in [-0.05, 0) is 13.3 Å². The largest absolute Gasteiger partial charge is 0.377 e. The van der Waals surface area contributed by atoms with E-state index in [2.05, 4.69) is 0 Å². The maximum atomic E-state index is 11.2. The molecule has 1 fully saturated rings. The summed E-state index contributed by atoms with van der Waals surface area (Å²) in [6.45, 7) is 2.55. The molecule has 3 nitrogen and oxygen atoms in total. The van der Waals surface area contributed by atoms with E-state index < -0.39 is 9.73 Å². The summed E-state index contributed by atoms with van der Waals surface area (Å²) in [4.78, 5) is 0. The Morgan fingerprint density at radius 3 is 2.50 bits per heavy atom. The molecule has 0 aromatic rings. The quantitative estimate of drug-likeness (QED) is 0.622. The standard InChI is InChI=1S/C6H13NO2S/c1-5-6(3-4-9-5)10(2,7)8/h5-7H,3-4H2,1-2H3. The number of hydrogen-bond donors (Lipinski definition) is 1. The van der Waals surface area contributed by atoms with E-state index in [0.717, 1.165) is 6.42 Å². The summed E-state index contributed by atoms with van der Waals surface area (Å²) in [7, 11) is -2.38. The van der Waals surface area contributed by atoms with Crippen LogP contribution in [0.4, 0.5) is 0 Å². The maximum absolute atomic E-state index is 11.2. The monoisotopic (exact) mass is 163 g/mol. The highest BCUT2D eigenvalue weighted by Crippen LogP contribution is 2.19. The minimum absolute atomic E-state index is 0.00926. The van der Waals surface area contributed by atoms with Crippen LogP contribution in [-0.4, -0.2) is 28.4 Å². The second-order valence-electron chi connectivity index (χ2n) is 2.81. The Balaban J connectivity index is 2.74. The first-order valence-corrected chi connectivity index (χ1v) is 5.39. The summed E-state index contributed by atoms with van der Waals surface area (Å²) in [5.74, 6) is 0. The zero-order valence-corrected chi connectivity index (χ0v) is 7.11. The van der Waals surface area contributed by atoms with Crippen molar-refractivity contribution in [2.24, 2.45) is 0 Å². The molecule has 0 spiro atoms. The highest BCUT2D eigenvalue weighted by molar-refractivity contribution is 7.92. The number of nitrogens with one attached hydrogen (secondary N) is 1. The Hall–Kier alpha value is -0.0900. The lowest BCUT2D eigenvalue weighted by molar-refractivity contribution is 0.126. The van der Waals surface area contributed by atoms with Crippen molar-refractivity contribution in [2.45, 2.75) is 24.7 Å². The molecule has 0 aromatic carbocycles. The van der Waals surface area contributed by atoms with Crippen molar-refractivity contribution in [1.82, 2.24) is 0 Å². The van der Waals surface area contributed by atoms with E-state index in [-0.39, 0.29) is 11.4 Å². The predicted molar refractivity (Wildman–Crippen MR) is 40.6 cm³/mol. The summed E-state index contributed by atoms with van der Waals surface area (Å²) < 4.78 is 23.7. The molecular formula is C6H13NO2S. The second-order valence-corrected chi connectivity index (χ2v) is 5.22. The normalized spacial score (nSPS) is 39.4. The summed E-state index contributed by atoms with van der Waals surface area (Å²) in [6, 6.07) is 0. The van der Waals surface area contributed by atoms with Gasteiger partial charge in [0, 0.05) is 22.6 Å². The van der Waals surface area contributed by atoms with Crippen molar-refractivity contribution < 1.29 is 8.95 Å². The Morgan fingerprint density at radius 2 is 2.30 bits per heavy atom. The van der Waals surface area contributed by atoms with Crippen LogP contribution in [0.1, 0.15) is 13.3 Å². The SMILES string of the molecule is CC1OCCC1S(C)(=N)=O. The van der Waals surface area contributed by atoms with Crippen molar-refractivity contribution in [3.8, 4) is 0 Å². The first kappa shape index (κ1) is 8.01. The summed E-state index contributed by atoms with van der Waals surface area (Å²) in [5.41, 5.74) is 0. The van der Waals surface area contributed by atoms with Crippen LogP contribution >= 0.6 is 0 Å². The smallest absolute Gasteiger partial charge is 0.0706 e. The summed E-state index contributed by atoms with van der Waals surface area (Å²) in [5, 5.41) is -0.0486. The Labute approximate surface area is 61.7 Å². The molecule has 0 radical (unpaired) electrons. The van der Waals surface area contributed by atoms with Gasteiger partial charge in [0.25, 0.3) is 0 Å². The first-order valence-electron chi connectivity index (χ1n) is 3.36. The van der Waals surface area contributed by atoms with Gasteiger partial charge in [-0.25, -0.2) is 4.21 Å². The van der Waals surface area contributed by atoms with E-state index in [1.165, 1.54) is 6.26 Å². The maximum Gasteiger partial charge on any atom is 0.0706 e. The van der Waals surface area contributed by atoms with Crippen molar-refractivity contribution >= 4 is 9.73 Å². The lowest BCUT2D eigenvalue weighted by Gasteiger charge is -2.13. The third kappa shape index (κ3) is 1.49. The highest BCUT2D eigenvalue weighted by Gasteiger charge is 2.29. The van der Waals surface area contributed by atoms with E-state index in [0.29, 0.717) is 6.61 Å². The average molecular weight is 163 g/mol. The van der Waals surface area contributed by atoms with Crippen LogP contribution in [0.2, 0.25) is 0 Å². The molecule has 3 unspecified atom stereocenters. The molecule has 1 aliphatic rings. The van der Waals surface area contributed by atoms with Gasteiger partial charge in [0.2, 0.25) is 0 Å². The van der Waals surface area contributed by atoms with Crippen LogP contribution in [0, 0.1) is 4.78 Å². The van der Waals surface area contributed by atoms with Gasteiger partial charge in [0.05, 0.1) is 11.4 Å². The molecule has 1 rings (SSSR count). The Kier molecular flexibility index (Phi) is 2.01. The molecule has 0 aromatic heterocycles. The van der Waals surface area contributed by atoms with Crippen molar-refractivity contribution in [1.29, 1.82) is 4.78 Å². The number of ether oxygens (including phenoxy) is 1. The van der Waals surface area contributed by atoms with Crippen molar-refractivity contribution in [3.05, 3.63) is 0 Å². The van der Waals surface area contributed by atoms with Gasteiger partial charge >= 0.3 is 0 Å². The molecule has 0 amide bonds. The van der Waals surface area contributed by atoms with Crippen LogP contribution < -0.4 is 0 Å². The third-order valence-corrected chi connectivity index (χ3v) is 3.66. The molecule has 1 saturated heterocycles. The zero-order chi connectivity index (χ0) is 7.78. The Bertz CT molecular complexity index is 210. The fourth-order valence-electron chi connectivity index (χ4n) is 1.30. The molecule has 1 N–H and O–H groups in total. The topological polar surface area (TPSA) is 50.1 Å². The molecule has 1 aliphatic heterocycles. The fourth-order valence-corrected chi connectivity index (χ4v) is 2.66. The van der Waals surface area contributed by atoms with Gasteiger partial charge in [-0.15, -0.1) is 0 Å². The van der Waals surface area contributed by atoms with Gasteiger partial charge in [-0.1, -0.05) is 0 Å². The molecule has 4 heteroatoms. The van der Waals surface area contributed by atoms with E-state index >= 15 is 0 Å². The minimum atomic E-state index is -2.38. The molecule has 0 saturated carbocycles. The Morgan fingerprint density at radius 1 is 1.70 bits per heavy atom. The molecule has 3 atom stereocenters. The molecule has 0 bridgehead atoms. The molecular weight excluding hydrogens is 150 g/mol. The minimum Gasteiger partial charge on any atom is -0.377 e. The van der Waals surface area contributed by atoms with Gasteiger partial charge in [0.1, 0.15) is 0 Å². The summed E-state index contributed by atoms with van der Waals surface area (Å²) in [6.07, 6.45) is 2.28. The van der Waals surface area contributed by atoms with Crippen molar-refractivity contribution in [2.75, 3.05) is 12.9 Å². The van der Waals surface area contributed by atoms with Gasteiger partial charge in [-0.2, -0.15) is 0 Å². The second kappa shape index (κ2) is 2.51. The lowest BCUT2D eigenvalue weighted by atomic mass is 10.3. The van der Waals surface area contributed by atoms with Crippen LogP contribution in [-0.2, 0) is 14.5 Å². The molecule has 1 heterocycles. The fraction of sp³-hybridized carbons (Fsp3) is 1.00. The van der Waals surface area contributed by atoms with E-state index in [9.17, 15) is 4.21 Å². The third-order valence-electron chi connectivity index (χ3n) is 1.88. The molecule has 60 valence electrons. The van der Waals surface area contributed by atoms with E-state index in [1.807, 2.05) is 6.92 Å².